The van der Waals surface area contributed by atoms with Gasteiger partial charge in [-0.2, -0.15) is 0 Å². The molecule has 2 amide bonds. The van der Waals surface area contributed by atoms with E-state index in [4.69, 9.17) is 15.6 Å². The summed E-state index contributed by atoms with van der Waals surface area (Å²) in [5, 5.41) is 31.5. The Morgan fingerprint density at radius 1 is 1.48 bits per heavy atom. The molecular weight excluding hydrogens is 302 g/mol. The molecule has 0 aromatic carbocycles. The summed E-state index contributed by atoms with van der Waals surface area (Å²) < 4.78 is 5.34. The van der Waals surface area contributed by atoms with Crippen LogP contribution in [0.3, 0.4) is 0 Å². The molecule has 0 aromatic rings. The maximum atomic E-state index is 12.2. The number of nitrogens with two attached hydrogens (primary N) is 1. The topological polar surface area (TPSA) is 128 Å². The quantitative estimate of drug-likeness (QED) is 0.442. The molecule has 0 radical (unpaired) electrons. The zero-order valence-electron chi connectivity index (χ0n) is 13.1. The van der Waals surface area contributed by atoms with Crippen LogP contribution in [-0.2, 0) is 4.74 Å². The first-order chi connectivity index (χ1) is 11.0. The second-order valence-corrected chi connectivity index (χ2v) is 5.80. The van der Waals surface area contributed by atoms with Crippen molar-refractivity contribution < 1.29 is 24.9 Å². The highest BCUT2D eigenvalue weighted by Crippen LogP contribution is 2.25. The van der Waals surface area contributed by atoms with Crippen molar-refractivity contribution in [1.29, 1.82) is 0 Å². The molecule has 2 aliphatic rings. The third-order valence-electron chi connectivity index (χ3n) is 3.98. The van der Waals surface area contributed by atoms with Crippen molar-refractivity contribution in [3.63, 3.8) is 0 Å². The van der Waals surface area contributed by atoms with Crippen LogP contribution in [0, 0.1) is 0 Å². The fourth-order valence-corrected chi connectivity index (χ4v) is 2.62. The zero-order valence-corrected chi connectivity index (χ0v) is 13.1. The molecule has 0 aromatic heterocycles. The lowest BCUT2D eigenvalue weighted by atomic mass is 10.1. The Morgan fingerprint density at radius 3 is 2.78 bits per heavy atom. The largest absolute Gasteiger partial charge is 0.402 e. The van der Waals surface area contributed by atoms with Crippen LogP contribution < -0.4 is 11.1 Å². The van der Waals surface area contributed by atoms with Crippen molar-refractivity contribution in [2.24, 2.45) is 5.73 Å². The average molecular weight is 327 g/mol. The van der Waals surface area contributed by atoms with Crippen molar-refractivity contribution in [2.75, 3.05) is 6.61 Å². The number of urea groups is 1. The highest BCUT2D eigenvalue weighted by molar-refractivity contribution is 5.77. The van der Waals surface area contributed by atoms with Gasteiger partial charge in [0.05, 0.1) is 12.6 Å². The van der Waals surface area contributed by atoms with Crippen molar-refractivity contribution >= 4 is 6.03 Å². The van der Waals surface area contributed by atoms with E-state index in [0.717, 1.165) is 24.2 Å². The average Bonchev–Trinajstić information content (AvgIpc) is 2.81. The number of unbranched alkanes of at least 4 members (excludes halogenated alkanes) is 1. The highest BCUT2D eigenvalue weighted by Gasteiger charge is 2.46. The normalized spacial score (nSPS) is 34.8. The minimum Gasteiger partial charge on any atom is -0.402 e. The van der Waals surface area contributed by atoms with Gasteiger partial charge in [-0.25, -0.2) is 4.79 Å². The Balaban J connectivity index is 2.02. The molecule has 6 N–H and O–H groups in total. The molecule has 8 heteroatoms. The number of carbonyl (C=O) groups excluding carboxylic acids is 1. The first kappa shape index (κ1) is 17.7. The molecule has 5 atom stereocenters. The molecule has 8 nitrogen and oxygen atoms in total. The summed E-state index contributed by atoms with van der Waals surface area (Å²) >= 11 is 0. The van der Waals surface area contributed by atoms with Crippen LogP contribution in [-0.4, -0.2) is 63.4 Å². The number of rotatable bonds is 6. The second-order valence-electron chi connectivity index (χ2n) is 5.80. The van der Waals surface area contributed by atoms with Gasteiger partial charge in [-0.05, 0) is 25.0 Å². The predicted octanol–water partition coefficient (Wildman–Crippen LogP) is -0.634. The SMILES string of the molecule is CCCC/C(N)=C\C1C=CN([C@@H]2O[C@H](CO)[C@H](O)[C@@H]2O)C(=O)N1. The Bertz CT molecular complexity index is 482. The fraction of sp³-hybridized carbons (Fsp3) is 0.667. The maximum Gasteiger partial charge on any atom is 0.324 e. The van der Waals surface area contributed by atoms with Crippen LogP contribution in [0.25, 0.3) is 0 Å². The van der Waals surface area contributed by atoms with Crippen molar-refractivity contribution in [2.45, 2.75) is 56.8 Å². The molecule has 2 rings (SSSR count). The third kappa shape index (κ3) is 4.03. The van der Waals surface area contributed by atoms with Crippen molar-refractivity contribution in [1.82, 2.24) is 10.2 Å². The molecule has 2 aliphatic heterocycles. The zero-order chi connectivity index (χ0) is 17.0. The summed E-state index contributed by atoms with van der Waals surface area (Å²) in [6, 6.07) is -0.792. The van der Waals surface area contributed by atoms with Crippen LogP contribution in [0.5, 0.6) is 0 Å². The summed E-state index contributed by atoms with van der Waals surface area (Å²) in [4.78, 5) is 13.4. The van der Waals surface area contributed by atoms with Gasteiger partial charge in [0.2, 0.25) is 0 Å². The Morgan fingerprint density at radius 2 is 2.22 bits per heavy atom. The lowest BCUT2D eigenvalue weighted by Crippen LogP contribution is -2.52. The molecule has 0 spiro atoms. The van der Waals surface area contributed by atoms with Gasteiger partial charge in [0.25, 0.3) is 0 Å². The van der Waals surface area contributed by atoms with Crippen LogP contribution in [0.2, 0.25) is 0 Å². The summed E-state index contributed by atoms with van der Waals surface area (Å²) in [5.41, 5.74) is 6.62. The highest BCUT2D eigenvalue weighted by atomic mass is 16.6. The molecule has 1 fully saturated rings. The molecule has 1 saturated heterocycles. The van der Waals surface area contributed by atoms with Crippen LogP contribution in [0.4, 0.5) is 4.79 Å². The van der Waals surface area contributed by atoms with Gasteiger partial charge in [-0.1, -0.05) is 13.3 Å². The third-order valence-corrected chi connectivity index (χ3v) is 3.98. The monoisotopic (exact) mass is 327 g/mol. The number of amides is 2. The number of aliphatic hydroxyl groups is 3. The van der Waals surface area contributed by atoms with E-state index in [-0.39, 0.29) is 6.04 Å². The number of hydrogen-bond donors (Lipinski definition) is 5. The van der Waals surface area contributed by atoms with Gasteiger partial charge in [0, 0.05) is 11.9 Å². The summed E-state index contributed by atoms with van der Waals surface area (Å²) in [6.07, 6.45) is 3.30. The van der Waals surface area contributed by atoms with E-state index in [2.05, 4.69) is 12.2 Å². The molecule has 130 valence electrons. The lowest BCUT2D eigenvalue weighted by molar-refractivity contribution is -0.0659. The maximum absolute atomic E-state index is 12.2. The van der Waals surface area contributed by atoms with E-state index >= 15 is 0 Å². The van der Waals surface area contributed by atoms with Gasteiger partial charge in [0.1, 0.15) is 18.3 Å². The van der Waals surface area contributed by atoms with E-state index in [1.165, 1.54) is 6.20 Å². The second kappa shape index (κ2) is 7.78. The molecule has 0 aliphatic carbocycles. The number of carbonyl (C=O) groups is 1. The lowest BCUT2D eigenvalue weighted by Gasteiger charge is -2.32. The Labute approximate surface area is 135 Å². The molecule has 0 bridgehead atoms. The van der Waals surface area contributed by atoms with Crippen LogP contribution >= 0.6 is 0 Å². The van der Waals surface area contributed by atoms with Gasteiger partial charge in [0.15, 0.2) is 6.23 Å². The van der Waals surface area contributed by atoms with Crippen LogP contribution in [0.1, 0.15) is 26.2 Å². The molecule has 1 unspecified atom stereocenters. The first-order valence-corrected chi connectivity index (χ1v) is 7.83. The van der Waals surface area contributed by atoms with E-state index in [1.54, 1.807) is 12.2 Å². The van der Waals surface area contributed by atoms with Crippen molar-refractivity contribution in [3.8, 4) is 0 Å². The van der Waals surface area contributed by atoms with Gasteiger partial charge in [-0.3, -0.25) is 4.90 Å². The van der Waals surface area contributed by atoms with Gasteiger partial charge in [-0.15, -0.1) is 0 Å². The molecule has 23 heavy (non-hydrogen) atoms. The minimum absolute atomic E-state index is 0.326. The van der Waals surface area contributed by atoms with Crippen LogP contribution in [0.15, 0.2) is 24.0 Å². The van der Waals surface area contributed by atoms with Crippen molar-refractivity contribution in [3.05, 3.63) is 24.0 Å². The predicted molar refractivity (Wildman–Crippen MR) is 82.9 cm³/mol. The number of nitrogens with one attached hydrogen (secondary N) is 1. The molecular formula is C15H25N3O5. The van der Waals surface area contributed by atoms with E-state index < -0.39 is 37.2 Å². The summed E-state index contributed by atoms with van der Waals surface area (Å²) in [7, 11) is 0. The number of nitrogens with zero attached hydrogens (tertiary/aromatic N) is 1. The standard InChI is InChI=1S/C15H25N3O5/c1-2-3-4-9(16)7-10-5-6-18(15(22)17-10)14-13(21)12(20)11(8-19)23-14/h5-7,10-14,19-21H,2-4,8,16H2,1H3,(H,17,22)/b9-7+/t10?,11-,12+,13+,14-/m1/s1. The van der Waals surface area contributed by atoms with E-state index in [9.17, 15) is 15.0 Å². The minimum atomic E-state index is -1.29. The summed E-state index contributed by atoms with van der Waals surface area (Å²) in [6.45, 7) is 1.64. The fourth-order valence-electron chi connectivity index (χ4n) is 2.62. The number of allylic oxidation sites excluding steroid dienone is 1. The Hall–Kier alpha value is -1.61. The van der Waals surface area contributed by atoms with E-state index in [0.29, 0.717) is 5.70 Å². The number of hydrogen-bond acceptors (Lipinski definition) is 6. The van der Waals surface area contributed by atoms with E-state index in [1.807, 2.05) is 0 Å². The van der Waals surface area contributed by atoms with Gasteiger partial charge < -0.3 is 31.1 Å². The van der Waals surface area contributed by atoms with Gasteiger partial charge >= 0.3 is 6.03 Å². The molecule has 2 heterocycles. The number of aliphatic hydroxyl groups excluding tert-OH is 3. The Kier molecular flexibility index (Phi) is 6.00. The summed E-state index contributed by atoms with van der Waals surface area (Å²) in [5.74, 6) is 0. The smallest absolute Gasteiger partial charge is 0.324 e. The number of ether oxygens (including phenoxy) is 1. The molecule has 0 saturated carbocycles. The first-order valence-electron chi connectivity index (χ1n) is 7.83.